The molecule has 1 saturated heterocycles. The molecule has 23 heavy (non-hydrogen) atoms. The normalized spacial score (nSPS) is 18.1. The summed E-state index contributed by atoms with van der Waals surface area (Å²) in [7, 11) is -2.49. The Morgan fingerprint density at radius 1 is 1.43 bits per heavy atom. The van der Waals surface area contributed by atoms with E-state index in [-0.39, 0.29) is 33.8 Å². The lowest BCUT2D eigenvalue weighted by molar-refractivity contribution is 0.0600. The first-order valence-corrected chi connectivity index (χ1v) is 8.88. The summed E-state index contributed by atoms with van der Waals surface area (Å²) >= 11 is 5.90. The first-order valence-electron chi connectivity index (χ1n) is 7.01. The van der Waals surface area contributed by atoms with Crippen LogP contribution in [0.3, 0.4) is 0 Å². The Balaban J connectivity index is 0.00000264. The smallest absolute Gasteiger partial charge is 0.337 e. The number of ether oxygens (including phenoxy) is 1. The van der Waals surface area contributed by atoms with Gasteiger partial charge in [0.25, 0.3) is 0 Å². The number of hydrogen-bond donors (Lipinski definition) is 2. The van der Waals surface area contributed by atoms with E-state index in [0.29, 0.717) is 6.54 Å². The average molecular weight is 383 g/mol. The van der Waals surface area contributed by atoms with Crippen LogP contribution in [0.25, 0.3) is 0 Å². The number of esters is 1. The molecular weight excluding hydrogens is 363 g/mol. The lowest BCUT2D eigenvalue weighted by atomic mass is 10.0. The summed E-state index contributed by atoms with van der Waals surface area (Å²) in [6.07, 6.45) is 2.02. The number of carbonyl (C=O) groups excluding carboxylic acids is 1. The maximum Gasteiger partial charge on any atom is 0.337 e. The van der Waals surface area contributed by atoms with E-state index in [4.69, 9.17) is 11.6 Å². The Labute approximate surface area is 147 Å². The van der Waals surface area contributed by atoms with Gasteiger partial charge in [-0.05, 0) is 50.0 Å². The summed E-state index contributed by atoms with van der Waals surface area (Å²) in [5.41, 5.74) is 0.106. The Morgan fingerprint density at radius 2 is 2.17 bits per heavy atom. The monoisotopic (exact) mass is 382 g/mol. The summed E-state index contributed by atoms with van der Waals surface area (Å²) < 4.78 is 31.9. The van der Waals surface area contributed by atoms with Gasteiger partial charge < -0.3 is 10.1 Å². The Kier molecular flexibility index (Phi) is 7.76. The molecule has 9 heteroatoms. The van der Waals surface area contributed by atoms with Gasteiger partial charge in [0.15, 0.2) is 0 Å². The number of nitrogens with one attached hydrogen (secondary N) is 2. The molecule has 1 unspecified atom stereocenters. The maximum absolute atomic E-state index is 12.3. The average Bonchev–Trinajstić information content (AvgIpc) is 2.52. The van der Waals surface area contributed by atoms with Gasteiger partial charge in [-0.15, -0.1) is 12.4 Å². The van der Waals surface area contributed by atoms with Crippen molar-refractivity contribution in [3.8, 4) is 0 Å². The quantitative estimate of drug-likeness (QED) is 0.758. The van der Waals surface area contributed by atoms with E-state index in [2.05, 4.69) is 14.8 Å². The van der Waals surface area contributed by atoms with Gasteiger partial charge in [-0.3, -0.25) is 0 Å². The van der Waals surface area contributed by atoms with Gasteiger partial charge in [0.05, 0.1) is 17.6 Å². The molecule has 0 aromatic heterocycles. The number of sulfonamides is 1. The molecule has 0 spiro atoms. The van der Waals surface area contributed by atoms with Gasteiger partial charge in [-0.2, -0.15) is 0 Å². The number of benzene rings is 1. The molecule has 0 saturated carbocycles. The van der Waals surface area contributed by atoms with E-state index in [1.807, 2.05) is 0 Å². The van der Waals surface area contributed by atoms with Crippen molar-refractivity contribution in [3.63, 3.8) is 0 Å². The lowest BCUT2D eigenvalue weighted by Crippen LogP contribution is -2.38. The molecule has 130 valence electrons. The van der Waals surface area contributed by atoms with Gasteiger partial charge in [-0.25, -0.2) is 17.9 Å². The third-order valence-electron chi connectivity index (χ3n) is 3.56. The molecule has 2 N–H and O–H groups in total. The predicted octanol–water partition coefficient (Wildman–Crippen LogP) is 1.83. The van der Waals surface area contributed by atoms with E-state index < -0.39 is 16.0 Å². The molecule has 0 aliphatic carbocycles. The second kappa shape index (κ2) is 8.84. The number of piperidine rings is 1. The van der Waals surface area contributed by atoms with E-state index in [0.717, 1.165) is 25.9 Å². The third-order valence-corrected chi connectivity index (χ3v) is 5.18. The molecule has 0 radical (unpaired) electrons. The van der Waals surface area contributed by atoms with Crippen LogP contribution in [0.2, 0.25) is 5.02 Å². The van der Waals surface area contributed by atoms with Crippen molar-refractivity contribution in [2.24, 2.45) is 5.92 Å². The first-order chi connectivity index (χ1) is 10.4. The Bertz CT molecular complexity index is 646. The summed E-state index contributed by atoms with van der Waals surface area (Å²) in [6.45, 7) is 2.13. The second-order valence-electron chi connectivity index (χ2n) is 5.23. The molecule has 1 aliphatic rings. The molecule has 6 nitrogen and oxygen atoms in total. The van der Waals surface area contributed by atoms with Crippen molar-refractivity contribution in [2.45, 2.75) is 17.7 Å². The molecule has 1 aliphatic heterocycles. The van der Waals surface area contributed by atoms with Gasteiger partial charge in [0.1, 0.15) is 0 Å². The van der Waals surface area contributed by atoms with Crippen LogP contribution >= 0.6 is 24.0 Å². The molecular formula is C14H20Cl2N2O4S. The maximum atomic E-state index is 12.3. The minimum atomic E-state index is -3.72. The minimum absolute atomic E-state index is 0. The second-order valence-corrected chi connectivity index (χ2v) is 7.43. The third kappa shape index (κ3) is 5.61. The van der Waals surface area contributed by atoms with Crippen molar-refractivity contribution in [1.29, 1.82) is 0 Å². The van der Waals surface area contributed by atoms with Crippen molar-refractivity contribution in [2.75, 3.05) is 26.7 Å². The molecule has 0 bridgehead atoms. The molecule has 2 rings (SSSR count). The molecule has 1 atom stereocenters. The SMILES string of the molecule is COC(=O)c1cc(Cl)cc(S(=O)(=O)NCC2CCCNC2)c1.Cl. The van der Waals surface area contributed by atoms with Crippen molar-refractivity contribution in [3.05, 3.63) is 28.8 Å². The van der Waals surface area contributed by atoms with Gasteiger partial charge in [0.2, 0.25) is 10.0 Å². The largest absolute Gasteiger partial charge is 0.465 e. The summed E-state index contributed by atoms with van der Waals surface area (Å²) in [4.78, 5) is 11.5. The molecule has 1 aromatic carbocycles. The number of methoxy groups -OCH3 is 1. The van der Waals surface area contributed by atoms with E-state index in [9.17, 15) is 13.2 Å². The van der Waals surface area contributed by atoms with Crippen molar-refractivity contribution < 1.29 is 17.9 Å². The highest BCUT2D eigenvalue weighted by atomic mass is 35.5. The van der Waals surface area contributed by atoms with Gasteiger partial charge >= 0.3 is 5.97 Å². The van der Waals surface area contributed by atoms with Crippen LogP contribution in [0.1, 0.15) is 23.2 Å². The lowest BCUT2D eigenvalue weighted by Gasteiger charge is -2.22. The zero-order valence-corrected chi connectivity index (χ0v) is 15.1. The highest BCUT2D eigenvalue weighted by Gasteiger charge is 2.20. The van der Waals surface area contributed by atoms with Crippen LogP contribution < -0.4 is 10.0 Å². The standard InChI is InChI=1S/C14H19ClN2O4S.ClH/c1-21-14(18)11-5-12(15)7-13(6-11)22(19,20)17-9-10-3-2-4-16-8-10;/h5-7,10,16-17H,2-4,8-9H2,1H3;1H. The highest BCUT2D eigenvalue weighted by molar-refractivity contribution is 7.89. The Hall–Kier alpha value is -0.860. The summed E-state index contributed by atoms with van der Waals surface area (Å²) in [6, 6.07) is 3.95. The van der Waals surface area contributed by atoms with Gasteiger partial charge in [0, 0.05) is 11.6 Å². The molecule has 1 aromatic rings. The van der Waals surface area contributed by atoms with Crippen LogP contribution in [0.15, 0.2) is 23.1 Å². The fraction of sp³-hybridized carbons (Fsp3) is 0.500. The molecule has 1 heterocycles. The zero-order chi connectivity index (χ0) is 16.2. The number of carbonyl (C=O) groups is 1. The van der Waals surface area contributed by atoms with Crippen LogP contribution in [0.5, 0.6) is 0 Å². The zero-order valence-electron chi connectivity index (χ0n) is 12.7. The Morgan fingerprint density at radius 3 is 2.78 bits per heavy atom. The highest BCUT2D eigenvalue weighted by Crippen LogP contribution is 2.20. The van der Waals surface area contributed by atoms with Crippen molar-refractivity contribution in [1.82, 2.24) is 10.0 Å². The number of halogens is 2. The number of hydrogen-bond acceptors (Lipinski definition) is 5. The van der Waals surface area contributed by atoms with Crippen molar-refractivity contribution >= 4 is 40.0 Å². The number of rotatable bonds is 5. The first kappa shape index (κ1) is 20.2. The fourth-order valence-electron chi connectivity index (χ4n) is 2.36. The van der Waals surface area contributed by atoms with Crippen LogP contribution in [-0.4, -0.2) is 41.1 Å². The van der Waals surface area contributed by atoms with E-state index in [1.54, 1.807) is 0 Å². The predicted molar refractivity (Wildman–Crippen MR) is 90.8 cm³/mol. The topological polar surface area (TPSA) is 84.5 Å². The van der Waals surface area contributed by atoms with Gasteiger partial charge in [-0.1, -0.05) is 11.6 Å². The van der Waals surface area contributed by atoms with Crippen LogP contribution in [-0.2, 0) is 14.8 Å². The van der Waals surface area contributed by atoms with E-state index in [1.165, 1.54) is 25.3 Å². The minimum Gasteiger partial charge on any atom is -0.465 e. The van der Waals surface area contributed by atoms with Crippen LogP contribution in [0, 0.1) is 5.92 Å². The fourth-order valence-corrected chi connectivity index (χ4v) is 3.85. The summed E-state index contributed by atoms with van der Waals surface area (Å²) in [5.74, 6) is -0.363. The van der Waals surface area contributed by atoms with E-state index >= 15 is 0 Å². The molecule has 1 fully saturated rings. The summed E-state index contributed by atoms with van der Waals surface area (Å²) in [5, 5.41) is 3.40. The molecule has 0 amide bonds. The van der Waals surface area contributed by atoms with Crippen LogP contribution in [0.4, 0.5) is 0 Å².